The summed E-state index contributed by atoms with van der Waals surface area (Å²) in [5.74, 6) is 0.503. The lowest BCUT2D eigenvalue weighted by atomic mass is 10.0. The molecular formula is C21H19N5O. The van der Waals surface area contributed by atoms with Crippen molar-refractivity contribution in [2.75, 3.05) is 19.8 Å². The standard InChI is InChI=1S/C21H19N5O/c1-25(2)21(27)15-7-5-6-14(12-15)16-9-10-18-24-19(20(22)26(18)13-16)17-8-3-4-11-23-17/h3-13H,22H2,1-2H3. The van der Waals surface area contributed by atoms with Crippen molar-refractivity contribution < 1.29 is 4.79 Å². The zero-order valence-electron chi connectivity index (χ0n) is 15.1. The first-order valence-corrected chi connectivity index (χ1v) is 8.55. The highest BCUT2D eigenvalue weighted by Gasteiger charge is 2.14. The molecule has 0 fully saturated rings. The second kappa shape index (κ2) is 6.57. The SMILES string of the molecule is CN(C)C(=O)c1cccc(-c2ccc3nc(-c4ccccn4)c(N)n3c2)c1. The average Bonchev–Trinajstić information content (AvgIpc) is 3.04. The number of imidazole rings is 1. The predicted octanol–water partition coefficient (Wildman–Crippen LogP) is 3.35. The van der Waals surface area contributed by atoms with Crippen LogP contribution in [-0.2, 0) is 0 Å². The van der Waals surface area contributed by atoms with E-state index < -0.39 is 0 Å². The number of carbonyl (C=O) groups excluding carboxylic acids is 1. The number of rotatable bonds is 3. The van der Waals surface area contributed by atoms with Gasteiger partial charge in [-0.15, -0.1) is 0 Å². The Morgan fingerprint density at radius 3 is 2.63 bits per heavy atom. The lowest BCUT2D eigenvalue weighted by Crippen LogP contribution is -2.21. The highest BCUT2D eigenvalue weighted by Crippen LogP contribution is 2.28. The molecule has 0 aliphatic heterocycles. The lowest BCUT2D eigenvalue weighted by molar-refractivity contribution is 0.0827. The molecule has 0 saturated carbocycles. The van der Waals surface area contributed by atoms with Gasteiger partial charge in [-0.1, -0.05) is 18.2 Å². The van der Waals surface area contributed by atoms with Gasteiger partial charge in [-0.05, 0) is 47.5 Å². The van der Waals surface area contributed by atoms with E-state index in [0.29, 0.717) is 17.1 Å². The van der Waals surface area contributed by atoms with Gasteiger partial charge >= 0.3 is 0 Å². The fraction of sp³-hybridized carbons (Fsp3) is 0.0952. The maximum Gasteiger partial charge on any atom is 0.253 e. The van der Waals surface area contributed by atoms with Crippen molar-refractivity contribution in [3.63, 3.8) is 0 Å². The molecule has 0 spiro atoms. The summed E-state index contributed by atoms with van der Waals surface area (Å²) in [4.78, 5) is 22.7. The van der Waals surface area contributed by atoms with Gasteiger partial charge in [0, 0.05) is 32.1 Å². The fourth-order valence-corrected chi connectivity index (χ4v) is 3.01. The van der Waals surface area contributed by atoms with Crippen molar-refractivity contribution in [3.8, 4) is 22.5 Å². The molecule has 0 aliphatic carbocycles. The van der Waals surface area contributed by atoms with Crippen LogP contribution in [-0.4, -0.2) is 39.3 Å². The smallest absolute Gasteiger partial charge is 0.253 e. The third kappa shape index (κ3) is 3.01. The van der Waals surface area contributed by atoms with E-state index in [9.17, 15) is 4.79 Å². The van der Waals surface area contributed by atoms with Crippen molar-refractivity contribution in [1.82, 2.24) is 19.3 Å². The van der Waals surface area contributed by atoms with E-state index in [1.54, 1.807) is 25.2 Å². The van der Waals surface area contributed by atoms with E-state index in [-0.39, 0.29) is 5.91 Å². The van der Waals surface area contributed by atoms with E-state index in [1.165, 1.54) is 0 Å². The Morgan fingerprint density at radius 1 is 1.04 bits per heavy atom. The molecule has 3 heterocycles. The van der Waals surface area contributed by atoms with Crippen LogP contribution in [0.25, 0.3) is 28.2 Å². The molecule has 2 N–H and O–H groups in total. The number of carbonyl (C=O) groups is 1. The van der Waals surface area contributed by atoms with Gasteiger partial charge in [0.1, 0.15) is 17.2 Å². The minimum absolute atomic E-state index is 0.0301. The van der Waals surface area contributed by atoms with Crippen molar-refractivity contribution in [2.24, 2.45) is 0 Å². The van der Waals surface area contributed by atoms with E-state index in [0.717, 1.165) is 22.5 Å². The second-order valence-corrected chi connectivity index (χ2v) is 6.49. The first-order valence-electron chi connectivity index (χ1n) is 8.55. The second-order valence-electron chi connectivity index (χ2n) is 6.49. The van der Waals surface area contributed by atoms with Gasteiger partial charge in [0.05, 0.1) is 5.69 Å². The Bertz CT molecular complexity index is 1130. The molecule has 0 radical (unpaired) electrons. The van der Waals surface area contributed by atoms with Crippen LogP contribution >= 0.6 is 0 Å². The average molecular weight is 357 g/mol. The van der Waals surface area contributed by atoms with E-state index in [1.807, 2.05) is 65.2 Å². The summed E-state index contributed by atoms with van der Waals surface area (Å²) in [6.07, 6.45) is 3.65. The van der Waals surface area contributed by atoms with Gasteiger partial charge in [-0.25, -0.2) is 4.98 Å². The number of pyridine rings is 2. The van der Waals surface area contributed by atoms with Gasteiger partial charge in [-0.3, -0.25) is 14.2 Å². The van der Waals surface area contributed by atoms with Crippen LogP contribution in [0.1, 0.15) is 10.4 Å². The molecule has 0 atom stereocenters. The number of fused-ring (bicyclic) bond motifs is 1. The number of hydrogen-bond acceptors (Lipinski definition) is 4. The van der Waals surface area contributed by atoms with E-state index in [2.05, 4.69) is 9.97 Å². The number of nitrogen functional groups attached to an aromatic ring is 1. The molecule has 27 heavy (non-hydrogen) atoms. The third-order valence-corrected chi connectivity index (χ3v) is 4.41. The molecule has 4 rings (SSSR count). The van der Waals surface area contributed by atoms with Crippen molar-refractivity contribution in [3.05, 3.63) is 72.6 Å². The van der Waals surface area contributed by atoms with E-state index >= 15 is 0 Å². The zero-order valence-corrected chi connectivity index (χ0v) is 15.1. The normalized spacial score (nSPS) is 10.9. The van der Waals surface area contributed by atoms with Crippen LogP contribution in [0.4, 0.5) is 5.82 Å². The summed E-state index contributed by atoms with van der Waals surface area (Å²) >= 11 is 0. The maximum absolute atomic E-state index is 12.2. The van der Waals surface area contributed by atoms with Crippen LogP contribution in [0.3, 0.4) is 0 Å². The molecular weight excluding hydrogens is 338 g/mol. The highest BCUT2D eigenvalue weighted by atomic mass is 16.2. The van der Waals surface area contributed by atoms with Crippen LogP contribution in [0.2, 0.25) is 0 Å². The molecule has 0 bridgehead atoms. The maximum atomic E-state index is 12.2. The van der Waals surface area contributed by atoms with Gasteiger partial charge < -0.3 is 10.6 Å². The Labute approximate surface area is 156 Å². The van der Waals surface area contributed by atoms with Crippen LogP contribution in [0.15, 0.2) is 67.0 Å². The minimum atomic E-state index is -0.0301. The molecule has 0 saturated heterocycles. The minimum Gasteiger partial charge on any atom is -0.383 e. The molecule has 0 aliphatic rings. The third-order valence-electron chi connectivity index (χ3n) is 4.41. The molecule has 3 aromatic heterocycles. The van der Waals surface area contributed by atoms with Crippen LogP contribution in [0, 0.1) is 0 Å². The monoisotopic (exact) mass is 357 g/mol. The summed E-state index contributed by atoms with van der Waals surface area (Å²) in [5.41, 5.74) is 11.0. The summed E-state index contributed by atoms with van der Waals surface area (Å²) in [5, 5.41) is 0. The Hall–Kier alpha value is -3.67. The molecule has 0 unspecified atom stereocenters. The number of hydrogen-bond donors (Lipinski definition) is 1. The van der Waals surface area contributed by atoms with Crippen molar-refractivity contribution >= 4 is 17.4 Å². The lowest BCUT2D eigenvalue weighted by Gasteiger charge is -2.11. The van der Waals surface area contributed by atoms with E-state index in [4.69, 9.17) is 5.73 Å². The van der Waals surface area contributed by atoms with Gasteiger partial charge in [0.2, 0.25) is 0 Å². The number of amides is 1. The Morgan fingerprint density at radius 2 is 1.89 bits per heavy atom. The van der Waals surface area contributed by atoms with Crippen molar-refractivity contribution in [2.45, 2.75) is 0 Å². The number of aromatic nitrogens is 3. The number of nitrogens with two attached hydrogens (primary N) is 1. The number of benzene rings is 1. The summed E-state index contributed by atoms with van der Waals surface area (Å²) < 4.78 is 1.85. The van der Waals surface area contributed by atoms with Gasteiger partial charge in [-0.2, -0.15) is 0 Å². The number of nitrogens with zero attached hydrogens (tertiary/aromatic N) is 4. The molecule has 6 nitrogen and oxygen atoms in total. The first-order chi connectivity index (χ1) is 13.0. The molecule has 1 amide bonds. The van der Waals surface area contributed by atoms with Crippen LogP contribution < -0.4 is 5.73 Å². The van der Waals surface area contributed by atoms with Gasteiger partial charge in [0.25, 0.3) is 5.91 Å². The summed E-state index contributed by atoms with van der Waals surface area (Å²) in [6.45, 7) is 0. The summed E-state index contributed by atoms with van der Waals surface area (Å²) in [7, 11) is 3.48. The Balaban J connectivity index is 1.80. The molecule has 1 aromatic carbocycles. The first kappa shape index (κ1) is 16.8. The van der Waals surface area contributed by atoms with Gasteiger partial charge in [0.15, 0.2) is 0 Å². The van der Waals surface area contributed by atoms with Crippen LogP contribution in [0.5, 0.6) is 0 Å². The zero-order chi connectivity index (χ0) is 19.0. The molecule has 4 aromatic rings. The molecule has 6 heteroatoms. The fourth-order valence-electron chi connectivity index (χ4n) is 3.01. The topological polar surface area (TPSA) is 76.5 Å². The summed E-state index contributed by atoms with van der Waals surface area (Å²) in [6, 6.07) is 17.1. The highest BCUT2D eigenvalue weighted by molar-refractivity contribution is 5.95. The Kier molecular flexibility index (Phi) is 4.08. The van der Waals surface area contributed by atoms with Crippen molar-refractivity contribution in [1.29, 1.82) is 0 Å². The molecule has 134 valence electrons. The quantitative estimate of drug-likeness (QED) is 0.610. The predicted molar refractivity (Wildman–Crippen MR) is 106 cm³/mol. The number of anilines is 1. The largest absolute Gasteiger partial charge is 0.383 e.